The van der Waals surface area contributed by atoms with Crippen LogP contribution in [0.1, 0.15) is 37.8 Å². The molecular weight excluding hydrogens is 348 g/mol. The van der Waals surface area contributed by atoms with Crippen molar-refractivity contribution in [2.24, 2.45) is 23.5 Å². The van der Waals surface area contributed by atoms with Crippen LogP contribution in [0.3, 0.4) is 0 Å². The molecule has 2 saturated carbocycles. The molecule has 0 saturated heterocycles. The summed E-state index contributed by atoms with van der Waals surface area (Å²) in [6.45, 7) is 0.483. The average molecular weight is 375 g/mol. The summed E-state index contributed by atoms with van der Waals surface area (Å²) in [7, 11) is 0. The van der Waals surface area contributed by atoms with E-state index in [1.54, 1.807) is 0 Å². The highest BCUT2D eigenvalue weighted by molar-refractivity contribution is 5.85. The summed E-state index contributed by atoms with van der Waals surface area (Å²) in [4.78, 5) is 12.6. The average Bonchev–Trinajstić information content (AvgIpc) is 3.09. The van der Waals surface area contributed by atoms with Gasteiger partial charge in [0, 0.05) is 18.2 Å². The number of nitrogens with zero attached hydrogens (tertiary/aromatic N) is 2. The van der Waals surface area contributed by atoms with Crippen LogP contribution in [-0.4, -0.2) is 21.7 Å². The minimum atomic E-state index is 0. The van der Waals surface area contributed by atoms with E-state index in [0.29, 0.717) is 24.4 Å². The fourth-order valence-corrected chi connectivity index (χ4v) is 4.51. The second-order valence-electron chi connectivity index (χ2n) is 7.50. The molecule has 26 heavy (non-hydrogen) atoms. The first-order valence-corrected chi connectivity index (χ1v) is 9.34. The number of carbonyl (C=O) groups excluding carboxylic acids is 1. The van der Waals surface area contributed by atoms with Gasteiger partial charge in [-0.1, -0.05) is 24.6 Å². The number of hydrogen-bond acceptors (Lipinski definition) is 3. The predicted molar refractivity (Wildman–Crippen MR) is 104 cm³/mol. The third kappa shape index (κ3) is 3.94. The molecule has 1 aromatic carbocycles. The molecule has 2 unspecified atom stereocenters. The lowest BCUT2D eigenvalue weighted by Crippen LogP contribution is -2.49. The fourth-order valence-electron chi connectivity index (χ4n) is 4.51. The highest BCUT2D eigenvalue weighted by Gasteiger charge is 2.40. The zero-order valence-corrected chi connectivity index (χ0v) is 15.7. The Morgan fingerprint density at radius 2 is 1.85 bits per heavy atom. The molecule has 2 aliphatic carbocycles. The number of hydrogen-bond donors (Lipinski definition) is 2. The minimum Gasteiger partial charge on any atom is -0.350 e. The van der Waals surface area contributed by atoms with Gasteiger partial charge in [0.15, 0.2) is 0 Å². The van der Waals surface area contributed by atoms with Crippen molar-refractivity contribution in [1.82, 2.24) is 15.1 Å². The second kappa shape index (κ2) is 8.23. The number of fused-ring (bicyclic) bond motifs is 2. The molecule has 1 amide bonds. The third-order valence-corrected chi connectivity index (χ3v) is 5.89. The molecule has 140 valence electrons. The molecule has 1 heterocycles. The van der Waals surface area contributed by atoms with E-state index in [9.17, 15) is 4.79 Å². The van der Waals surface area contributed by atoms with Gasteiger partial charge in [0.05, 0.1) is 17.9 Å². The summed E-state index contributed by atoms with van der Waals surface area (Å²) in [5, 5.41) is 7.63. The van der Waals surface area contributed by atoms with Crippen molar-refractivity contribution in [2.75, 3.05) is 0 Å². The van der Waals surface area contributed by atoms with Crippen molar-refractivity contribution in [1.29, 1.82) is 0 Å². The van der Waals surface area contributed by atoms with Crippen LogP contribution in [0.4, 0.5) is 0 Å². The van der Waals surface area contributed by atoms with Gasteiger partial charge in [-0.3, -0.25) is 4.79 Å². The minimum absolute atomic E-state index is 0. The summed E-state index contributed by atoms with van der Waals surface area (Å²) in [6, 6.07) is 12.3. The lowest BCUT2D eigenvalue weighted by atomic mass is 9.65. The highest BCUT2D eigenvalue weighted by atomic mass is 35.5. The maximum absolute atomic E-state index is 12.6. The first-order chi connectivity index (χ1) is 12.2. The second-order valence-corrected chi connectivity index (χ2v) is 7.50. The maximum Gasteiger partial charge on any atom is 0.223 e. The number of nitrogens with one attached hydrogen (secondary N) is 1. The van der Waals surface area contributed by atoms with Crippen LogP contribution in [0.2, 0.25) is 0 Å². The summed E-state index contributed by atoms with van der Waals surface area (Å²) in [6.07, 6.45) is 7.46. The topological polar surface area (TPSA) is 72.9 Å². The Morgan fingerprint density at radius 3 is 2.54 bits per heavy atom. The van der Waals surface area contributed by atoms with E-state index in [1.165, 1.54) is 19.3 Å². The molecule has 2 aromatic rings. The lowest BCUT2D eigenvalue weighted by molar-refractivity contribution is -0.128. The molecule has 2 fully saturated rings. The van der Waals surface area contributed by atoms with E-state index >= 15 is 0 Å². The Balaban J connectivity index is 0.00000196. The van der Waals surface area contributed by atoms with Gasteiger partial charge in [-0.15, -0.1) is 12.4 Å². The zero-order valence-electron chi connectivity index (χ0n) is 14.9. The largest absolute Gasteiger partial charge is 0.350 e. The molecule has 1 aromatic heterocycles. The van der Waals surface area contributed by atoms with Gasteiger partial charge < -0.3 is 11.1 Å². The maximum atomic E-state index is 12.6. The molecule has 3 N–H and O–H groups in total. The van der Waals surface area contributed by atoms with Gasteiger partial charge in [0.2, 0.25) is 5.91 Å². The van der Waals surface area contributed by atoms with Crippen LogP contribution >= 0.6 is 12.4 Å². The molecule has 4 rings (SSSR count). The van der Waals surface area contributed by atoms with Crippen molar-refractivity contribution in [3.8, 4) is 5.69 Å². The Hall–Kier alpha value is -1.85. The van der Waals surface area contributed by atoms with Crippen LogP contribution in [0.15, 0.2) is 42.6 Å². The van der Waals surface area contributed by atoms with E-state index < -0.39 is 0 Å². The fraction of sp³-hybridized carbons (Fsp3) is 0.500. The molecule has 2 aliphatic rings. The first kappa shape index (κ1) is 18.9. The SMILES string of the molecule is Cl.NC1C2CCCC1CC(C(=O)NCc1ccn(-c3ccccc3)n1)C2. The van der Waals surface area contributed by atoms with Crippen molar-refractivity contribution in [3.63, 3.8) is 0 Å². The number of amides is 1. The molecule has 0 radical (unpaired) electrons. The summed E-state index contributed by atoms with van der Waals surface area (Å²) in [5.41, 5.74) is 8.23. The van der Waals surface area contributed by atoms with E-state index in [1.807, 2.05) is 47.3 Å². The molecule has 6 heteroatoms. The number of para-hydroxylation sites is 1. The van der Waals surface area contributed by atoms with Crippen LogP contribution in [-0.2, 0) is 11.3 Å². The quantitative estimate of drug-likeness (QED) is 0.863. The van der Waals surface area contributed by atoms with Crippen LogP contribution in [0.5, 0.6) is 0 Å². The Morgan fingerprint density at radius 1 is 1.15 bits per heavy atom. The summed E-state index contributed by atoms with van der Waals surface area (Å²) >= 11 is 0. The van der Waals surface area contributed by atoms with Crippen LogP contribution in [0.25, 0.3) is 5.69 Å². The summed E-state index contributed by atoms with van der Waals surface area (Å²) < 4.78 is 1.84. The number of aromatic nitrogens is 2. The first-order valence-electron chi connectivity index (χ1n) is 9.34. The Labute approximate surface area is 160 Å². The molecule has 0 spiro atoms. The highest BCUT2D eigenvalue weighted by Crippen LogP contribution is 2.41. The lowest BCUT2D eigenvalue weighted by Gasteiger charge is -2.43. The number of halogens is 1. The van der Waals surface area contributed by atoms with Gasteiger partial charge in [0.1, 0.15) is 0 Å². The smallest absolute Gasteiger partial charge is 0.223 e. The molecule has 5 nitrogen and oxygen atoms in total. The number of benzene rings is 1. The van der Waals surface area contributed by atoms with E-state index in [4.69, 9.17) is 5.73 Å². The van der Waals surface area contributed by atoms with Crippen molar-refractivity contribution in [3.05, 3.63) is 48.3 Å². The number of nitrogens with two attached hydrogens (primary N) is 1. The number of carbonyl (C=O) groups is 1. The molecule has 2 atom stereocenters. The van der Waals surface area contributed by atoms with Crippen molar-refractivity contribution < 1.29 is 4.79 Å². The van der Waals surface area contributed by atoms with Gasteiger partial charge in [-0.2, -0.15) is 5.10 Å². The molecular formula is C20H27ClN4O. The van der Waals surface area contributed by atoms with E-state index in [2.05, 4.69) is 10.4 Å². The van der Waals surface area contributed by atoms with Crippen molar-refractivity contribution in [2.45, 2.75) is 44.7 Å². The Kier molecular flexibility index (Phi) is 5.99. The van der Waals surface area contributed by atoms with Gasteiger partial charge >= 0.3 is 0 Å². The van der Waals surface area contributed by atoms with Gasteiger partial charge in [-0.25, -0.2) is 4.68 Å². The zero-order chi connectivity index (χ0) is 17.2. The van der Waals surface area contributed by atoms with Crippen LogP contribution in [0, 0.1) is 17.8 Å². The monoisotopic (exact) mass is 374 g/mol. The van der Waals surface area contributed by atoms with E-state index in [0.717, 1.165) is 24.2 Å². The third-order valence-electron chi connectivity index (χ3n) is 5.89. The van der Waals surface area contributed by atoms with Gasteiger partial charge in [0.25, 0.3) is 0 Å². The summed E-state index contributed by atoms with van der Waals surface area (Å²) in [5.74, 6) is 1.34. The van der Waals surface area contributed by atoms with Gasteiger partial charge in [-0.05, 0) is 55.7 Å². The van der Waals surface area contributed by atoms with Crippen molar-refractivity contribution >= 4 is 18.3 Å². The Bertz CT molecular complexity index is 718. The number of rotatable bonds is 4. The van der Waals surface area contributed by atoms with Crippen LogP contribution < -0.4 is 11.1 Å². The predicted octanol–water partition coefficient (Wildman–Crippen LogP) is 3.06. The molecule has 2 bridgehead atoms. The normalized spacial score (nSPS) is 27.4. The van der Waals surface area contributed by atoms with E-state index in [-0.39, 0.29) is 24.2 Å². The molecule has 0 aliphatic heterocycles. The standard InChI is InChI=1S/C20H26N4O.ClH/c21-19-14-5-4-6-15(19)12-16(11-14)20(25)22-13-17-9-10-24(23-17)18-7-2-1-3-8-18;/h1-3,7-10,14-16,19H,4-6,11-13,21H2,(H,22,25);1H.